The van der Waals surface area contributed by atoms with E-state index in [1.54, 1.807) is 48.5 Å². The Hall–Kier alpha value is -3.93. The van der Waals surface area contributed by atoms with Gasteiger partial charge in [0.1, 0.15) is 5.75 Å². The molecule has 6 heteroatoms. The summed E-state index contributed by atoms with van der Waals surface area (Å²) in [6, 6.07) is 20.3. The number of nitrogens with one attached hydrogen (secondary N) is 1. The van der Waals surface area contributed by atoms with Crippen molar-refractivity contribution >= 4 is 29.1 Å². The number of hydrogen-bond acceptors (Lipinski definition) is 4. The Morgan fingerprint density at radius 2 is 1.46 bits per heavy atom. The van der Waals surface area contributed by atoms with Gasteiger partial charge in [0.15, 0.2) is 0 Å². The van der Waals surface area contributed by atoms with Crippen LogP contribution in [-0.4, -0.2) is 24.8 Å². The van der Waals surface area contributed by atoms with Crippen molar-refractivity contribution in [3.05, 3.63) is 89.5 Å². The minimum absolute atomic E-state index is 0.231. The van der Waals surface area contributed by atoms with Gasteiger partial charge in [-0.2, -0.15) is 0 Å². The first kappa shape index (κ1) is 17.5. The number of fused-ring (bicyclic) bond motifs is 1. The van der Waals surface area contributed by atoms with E-state index in [9.17, 15) is 14.4 Å². The third-order valence-corrected chi connectivity index (χ3v) is 4.51. The van der Waals surface area contributed by atoms with E-state index in [2.05, 4.69) is 5.32 Å². The average Bonchev–Trinajstić information content (AvgIpc) is 2.99. The molecule has 0 bridgehead atoms. The molecule has 1 aliphatic heterocycles. The summed E-state index contributed by atoms with van der Waals surface area (Å²) in [4.78, 5) is 39.3. The van der Waals surface area contributed by atoms with Crippen LogP contribution in [0.1, 0.15) is 31.1 Å². The standard InChI is InChI=1S/C22H16N2O4/c1-28-19-12-11-14(20(25)23-15-7-3-2-4-8-15)13-18(19)24-21(26)16-9-5-6-10-17(16)22(24)27/h2-13H,1H3,(H,23,25). The summed E-state index contributed by atoms with van der Waals surface area (Å²) in [7, 11) is 1.45. The number of para-hydroxylation sites is 1. The summed E-state index contributed by atoms with van der Waals surface area (Å²) < 4.78 is 5.33. The predicted octanol–water partition coefficient (Wildman–Crippen LogP) is 3.75. The summed E-state index contributed by atoms with van der Waals surface area (Å²) in [5.41, 5.74) is 1.83. The second kappa shape index (κ2) is 7.00. The second-order valence-electron chi connectivity index (χ2n) is 6.20. The van der Waals surface area contributed by atoms with Gasteiger partial charge in [0.05, 0.1) is 23.9 Å². The Bertz CT molecular complexity index is 1060. The molecule has 3 aromatic carbocycles. The zero-order chi connectivity index (χ0) is 19.7. The lowest BCUT2D eigenvalue weighted by Crippen LogP contribution is -2.30. The number of anilines is 2. The smallest absolute Gasteiger partial charge is 0.266 e. The van der Waals surface area contributed by atoms with Crippen molar-refractivity contribution in [3.63, 3.8) is 0 Å². The molecule has 0 saturated carbocycles. The third kappa shape index (κ3) is 2.91. The van der Waals surface area contributed by atoms with Gasteiger partial charge in [-0.1, -0.05) is 30.3 Å². The fourth-order valence-corrected chi connectivity index (χ4v) is 3.14. The molecule has 1 heterocycles. The molecule has 4 rings (SSSR count). The van der Waals surface area contributed by atoms with E-state index in [1.807, 2.05) is 18.2 Å². The number of amides is 3. The summed E-state index contributed by atoms with van der Waals surface area (Å²) in [6.45, 7) is 0. The van der Waals surface area contributed by atoms with Crippen LogP contribution in [0.4, 0.5) is 11.4 Å². The summed E-state index contributed by atoms with van der Waals surface area (Å²) in [5, 5.41) is 2.78. The molecule has 138 valence electrons. The van der Waals surface area contributed by atoms with E-state index in [-0.39, 0.29) is 11.6 Å². The van der Waals surface area contributed by atoms with Crippen LogP contribution in [-0.2, 0) is 0 Å². The molecule has 0 fully saturated rings. The fourth-order valence-electron chi connectivity index (χ4n) is 3.14. The van der Waals surface area contributed by atoms with E-state index in [4.69, 9.17) is 4.74 Å². The maximum atomic E-state index is 12.8. The van der Waals surface area contributed by atoms with Gasteiger partial charge in [-0.15, -0.1) is 0 Å². The Morgan fingerprint density at radius 3 is 2.07 bits per heavy atom. The van der Waals surface area contributed by atoms with Crippen molar-refractivity contribution in [2.75, 3.05) is 17.3 Å². The third-order valence-electron chi connectivity index (χ3n) is 4.51. The zero-order valence-corrected chi connectivity index (χ0v) is 15.0. The number of nitrogens with zero attached hydrogens (tertiary/aromatic N) is 1. The van der Waals surface area contributed by atoms with Gasteiger partial charge in [-0.3, -0.25) is 14.4 Å². The van der Waals surface area contributed by atoms with Crippen LogP contribution < -0.4 is 15.0 Å². The van der Waals surface area contributed by atoms with E-state index in [0.717, 1.165) is 4.90 Å². The van der Waals surface area contributed by atoms with E-state index in [1.165, 1.54) is 13.2 Å². The molecule has 0 aromatic heterocycles. The Morgan fingerprint density at radius 1 is 0.857 bits per heavy atom. The molecule has 0 radical (unpaired) electrons. The molecule has 0 unspecified atom stereocenters. The minimum Gasteiger partial charge on any atom is -0.495 e. The molecular formula is C22H16N2O4. The highest BCUT2D eigenvalue weighted by Crippen LogP contribution is 2.35. The van der Waals surface area contributed by atoms with E-state index < -0.39 is 11.8 Å². The van der Waals surface area contributed by atoms with Crippen LogP contribution in [0.2, 0.25) is 0 Å². The van der Waals surface area contributed by atoms with Crippen LogP contribution in [0.25, 0.3) is 0 Å². The largest absolute Gasteiger partial charge is 0.495 e. The second-order valence-corrected chi connectivity index (χ2v) is 6.20. The van der Waals surface area contributed by atoms with Crippen LogP contribution in [0.3, 0.4) is 0 Å². The van der Waals surface area contributed by atoms with Crippen molar-refractivity contribution in [3.8, 4) is 5.75 Å². The molecule has 1 N–H and O–H groups in total. The highest BCUT2D eigenvalue weighted by Gasteiger charge is 2.38. The van der Waals surface area contributed by atoms with Crippen molar-refractivity contribution in [2.24, 2.45) is 0 Å². The summed E-state index contributed by atoms with van der Waals surface area (Å²) in [5.74, 6) is -0.920. The van der Waals surface area contributed by atoms with Gasteiger partial charge in [0.25, 0.3) is 17.7 Å². The Labute approximate surface area is 161 Å². The van der Waals surface area contributed by atoms with Crippen LogP contribution >= 0.6 is 0 Å². The SMILES string of the molecule is COc1ccc(C(=O)Nc2ccccc2)cc1N1C(=O)c2ccccc2C1=O. The van der Waals surface area contributed by atoms with Gasteiger partial charge < -0.3 is 10.1 Å². The lowest BCUT2D eigenvalue weighted by molar-refractivity contribution is 0.0923. The lowest BCUT2D eigenvalue weighted by atomic mass is 10.1. The van der Waals surface area contributed by atoms with Crippen molar-refractivity contribution in [1.29, 1.82) is 0 Å². The van der Waals surface area contributed by atoms with E-state index >= 15 is 0 Å². The number of carbonyl (C=O) groups is 3. The number of benzene rings is 3. The summed E-state index contributed by atoms with van der Waals surface area (Å²) in [6.07, 6.45) is 0. The quantitative estimate of drug-likeness (QED) is 0.708. The van der Waals surface area contributed by atoms with Gasteiger partial charge in [0, 0.05) is 11.3 Å². The molecular weight excluding hydrogens is 356 g/mol. The number of rotatable bonds is 4. The Balaban J connectivity index is 1.72. The molecule has 3 aromatic rings. The van der Waals surface area contributed by atoms with Gasteiger partial charge >= 0.3 is 0 Å². The first-order chi connectivity index (χ1) is 13.6. The highest BCUT2D eigenvalue weighted by molar-refractivity contribution is 6.35. The summed E-state index contributed by atoms with van der Waals surface area (Å²) >= 11 is 0. The minimum atomic E-state index is -0.445. The number of carbonyl (C=O) groups excluding carboxylic acids is 3. The van der Waals surface area contributed by atoms with Crippen molar-refractivity contribution < 1.29 is 19.1 Å². The van der Waals surface area contributed by atoms with E-state index in [0.29, 0.717) is 28.1 Å². The maximum absolute atomic E-state index is 12.8. The van der Waals surface area contributed by atoms with Gasteiger partial charge in [-0.05, 0) is 42.5 Å². The molecule has 0 spiro atoms. The normalized spacial score (nSPS) is 12.7. The Kier molecular flexibility index (Phi) is 4.37. The highest BCUT2D eigenvalue weighted by atomic mass is 16.5. The molecule has 0 aliphatic carbocycles. The average molecular weight is 372 g/mol. The molecule has 3 amide bonds. The zero-order valence-electron chi connectivity index (χ0n) is 15.0. The fraction of sp³-hybridized carbons (Fsp3) is 0.0455. The number of imide groups is 1. The van der Waals surface area contributed by atoms with Crippen LogP contribution in [0.5, 0.6) is 5.75 Å². The predicted molar refractivity (Wildman–Crippen MR) is 105 cm³/mol. The topological polar surface area (TPSA) is 75.7 Å². The number of methoxy groups -OCH3 is 1. The molecule has 28 heavy (non-hydrogen) atoms. The van der Waals surface area contributed by atoms with Crippen molar-refractivity contribution in [2.45, 2.75) is 0 Å². The first-order valence-electron chi connectivity index (χ1n) is 8.62. The van der Waals surface area contributed by atoms with Gasteiger partial charge in [0.2, 0.25) is 0 Å². The number of hydrogen-bond donors (Lipinski definition) is 1. The molecule has 0 atom stereocenters. The molecule has 0 saturated heterocycles. The van der Waals surface area contributed by atoms with Crippen LogP contribution in [0, 0.1) is 0 Å². The van der Waals surface area contributed by atoms with Crippen molar-refractivity contribution in [1.82, 2.24) is 0 Å². The maximum Gasteiger partial charge on any atom is 0.266 e. The number of ether oxygens (including phenoxy) is 1. The lowest BCUT2D eigenvalue weighted by Gasteiger charge is -2.18. The van der Waals surface area contributed by atoms with Crippen LogP contribution in [0.15, 0.2) is 72.8 Å². The molecule has 1 aliphatic rings. The van der Waals surface area contributed by atoms with Gasteiger partial charge in [-0.25, -0.2) is 4.90 Å². The monoisotopic (exact) mass is 372 g/mol. The first-order valence-corrected chi connectivity index (χ1v) is 8.62. The molecule has 6 nitrogen and oxygen atoms in total.